The minimum absolute atomic E-state index is 0.0900. The second-order valence-corrected chi connectivity index (χ2v) is 5.69. The van der Waals surface area contributed by atoms with Crippen LogP contribution in [0.2, 0.25) is 10.2 Å². The van der Waals surface area contributed by atoms with Crippen LogP contribution >= 0.6 is 23.2 Å². The molecule has 7 heteroatoms. The number of hydrogen-bond acceptors (Lipinski definition) is 4. The van der Waals surface area contributed by atoms with Gasteiger partial charge in [-0.25, -0.2) is 9.78 Å². The Labute approximate surface area is 143 Å². The van der Waals surface area contributed by atoms with Gasteiger partial charge in [0, 0.05) is 25.9 Å². The van der Waals surface area contributed by atoms with Gasteiger partial charge in [0.15, 0.2) is 0 Å². The molecule has 1 atom stereocenters. The number of esters is 1. The predicted molar refractivity (Wildman–Crippen MR) is 87.5 cm³/mol. The molecule has 1 aromatic heterocycles. The van der Waals surface area contributed by atoms with E-state index in [4.69, 9.17) is 27.9 Å². The van der Waals surface area contributed by atoms with E-state index < -0.39 is 12.1 Å². The van der Waals surface area contributed by atoms with Crippen LogP contribution in [0.25, 0.3) is 0 Å². The molecule has 0 saturated carbocycles. The first-order chi connectivity index (χ1) is 10.9. The van der Waals surface area contributed by atoms with Gasteiger partial charge < -0.3 is 9.64 Å². The van der Waals surface area contributed by atoms with Crippen LogP contribution in [0.4, 0.5) is 0 Å². The Morgan fingerprint density at radius 1 is 1.17 bits per heavy atom. The molecule has 23 heavy (non-hydrogen) atoms. The van der Waals surface area contributed by atoms with E-state index in [1.807, 2.05) is 6.07 Å². The average Bonchev–Trinajstić information content (AvgIpc) is 2.55. The van der Waals surface area contributed by atoms with Crippen molar-refractivity contribution in [2.45, 2.75) is 6.10 Å². The first-order valence-corrected chi connectivity index (χ1v) is 7.44. The van der Waals surface area contributed by atoms with Gasteiger partial charge in [0.25, 0.3) is 5.91 Å². The highest BCUT2D eigenvalue weighted by Crippen LogP contribution is 2.24. The molecule has 1 heterocycles. The lowest BCUT2D eigenvalue weighted by Gasteiger charge is -2.21. The molecule has 1 amide bonds. The van der Waals surface area contributed by atoms with Crippen molar-refractivity contribution in [3.05, 3.63) is 63.9 Å². The lowest BCUT2D eigenvalue weighted by molar-refractivity contribution is -0.138. The number of ether oxygens (including phenoxy) is 1. The van der Waals surface area contributed by atoms with E-state index in [0.29, 0.717) is 5.56 Å². The molecular weight excluding hydrogens is 339 g/mol. The molecule has 0 aliphatic carbocycles. The smallest absolute Gasteiger partial charge is 0.340 e. The van der Waals surface area contributed by atoms with Crippen LogP contribution in [0.15, 0.2) is 42.6 Å². The molecule has 0 saturated heterocycles. The maximum Gasteiger partial charge on any atom is 0.340 e. The van der Waals surface area contributed by atoms with Gasteiger partial charge in [-0.05, 0) is 6.07 Å². The van der Waals surface area contributed by atoms with Gasteiger partial charge in [-0.1, -0.05) is 53.5 Å². The third-order valence-electron chi connectivity index (χ3n) is 3.02. The molecule has 0 N–H and O–H groups in total. The van der Waals surface area contributed by atoms with E-state index in [9.17, 15) is 9.59 Å². The van der Waals surface area contributed by atoms with Gasteiger partial charge in [0.2, 0.25) is 6.10 Å². The van der Waals surface area contributed by atoms with E-state index in [-0.39, 0.29) is 21.6 Å². The summed E-state index contributed by atoms with van der Waals surface area (Å²) in [6.07, 6.45) is 0.201. The van der Waals surface area contributed by atoms with E-state index in [2.05, 4.69) is 4.98 Å². The summed E-state index contributed by atoms with van der Waals surface area (Å²) in [5.41, 5.74) is 0.694. The molecule has 2 rings (SSSR count). The number of nitrogens with zero attached hydrogens (tertiary/aromatic N) is 2. The Kier molecular flexibility index (Phi) is 5.58. The second-order valence-electron chi connectivity index (χ2n) is 4.93. The minimum atomic E-state index is -1.05. The summed E-state index contributed by atoms with van der Waals surface area (Å²) in [7, 11) is 3.18. The number of carbonyl (C=O) groups excluding carboxylic acids is 2. The molecule has 1 aromatic carbocycles. The first kappa shape index (κ1) is 17.2. The van der Waals surface area contributed by atoms with Gasteiger partial charge in [0.1, 0.15) is 5.15 Å². The van der Waals surface area contributed by atoms with Crippen LogP contribution in [0, 0.1) is 0 Å². The SMILES string of the molecule is CN(C)C(=O)[C@H](OC(=O)c1cnc(Cl)c(Cl)c1)c1ccccc1. The molecule has 0 aliphatic heterocycles. The van der Waals surface area contributed by atoms with Crippen LogP contribution in [0.3, 0.4) is 0 Å². The van der Waals surface area contributed by atoms with Crippen molar-refractivity contribution in [2.24, 2.45) is 0 Å². The third-order valence-corrected chi connectivity index (χ3v) is 3.71. The van der Waals surface area contributed by atoms with Crippen LogP contribution in [-0.4, -0.2) is 35.9 Å². The van der Waals surface area contributed by atoms with E-state index in [1.54, 1.807) is 38.4 Å². The normalized spacial score (nSPS) is 11.7. The molecule has 0 fully saturated rings. The quantitative estimate of drug-likeness (QED) is 0.625. The highest BCUT2D eigenvalue weighted by molar-refractivity contribution is 6.41. The molecule has 0 spiro atoms. The summed E-state index contributed by atoms with van der Waals surface area (Å²) in [6, 6.07) is 10.1. The van der Waals surface area contributed by atoms with Crippen LogP contribution < -0.4 is 0 Å². The molecule has 120 valence electrons. The number of hydrogen-bond donors (Lipinski definition) is 0. The van der Waals surface area contributed by atoms with Gasteiger partial charge >= 0.3 is 5.97 Å². The Hall–Kier alpha value is -2.11. The molecule has 0 aliphatic rings. The lowest BCUT2D eigenvalue weighted by Crippen LogP contribution is -2.31. The van der Waals surface area contributed by atoms with Crippen molar-refractivity contribution in [3.63, 3.8) is 0 Å². The fraction of sp³-hybridized carbons (Fsp3) is 0.188. The monoisotopic (exact) mass is 352 g/mol. The summed E-state index contributed by atoms with van der Waals surface area (Å²) in [6.45, 7) is 0. The van der Waals surface area contributed by atoms with E-state index in [0.717, 1.165) is 0 Å². The van der Waals surface area contributed by atoms with Gasteiger partial charge in [-0.15, -0.1) is 0 Å². The number of aromatic nitrogens is 1. The standard InChI is InChI=1S/C16H14Cl2N2O3/c1-20(2)15(21)13(10-6-4-3-5-7-10)23-16(22)11-8-12(17)14(18)19-9-11/h3-9,13H,1-2H3/t13-/m1/s1. The Morgan fingerprint density at radius 3 is 2.39 bits per heavy atom. The van der Waals surface area contributed by atoms with Crippen molar-refractivity contribution >= 4 is 35.1 Å². The Balaban J connectivity index is 2.28. The van der Waals surface area contributed by atoms with Crippen molar-refractivity contribution in [3.8, 4) is 0 Å². The van der Waals surface area contributed by atoms with Gasteiger partial charge in [-0.3, -0.25) is 4.79 Å². The zero-order valence-corrected chi connectivity index (χ0v) is 14.0. The van der Waals surface area contributed by atoms with Crippen molar-refractivity contribution < 1.29 is 14.3 Å². The Morgan fingerprint density at radius 2 is 1.83 bits per heavy atom. The van der Waals surface area contributed by atoms with Crippen LogP contribution in [0.1, 0.15) is 22.0 Å². The van der Waals surface area contributed by atoms with Gasteiger partial charge in [0.05, 0.1) is 10.6 Å². The number of halogens is 2. The summed E-state index contributed by atoms with van der Waals surface area (Å²) in [5, 5.41) is 0.225. The van der Waals surface area contributed by atoms with Gasteiger partial charge in [-0.2, -0.15) is 0 Å². The van der Waals surface area contributed by atoms with Crippen molar-refractivity contribution in [1.29, 1.82) is 0 Å². The number of pyridine rings is 1. The molecule has 0 radical (unpaired) electrons. The largest absolute Gasteiger partial charge is 0.444 e. The summed E-state index contributed by atoms with van der Waals surface area (Å²) >= 11 is 11.6. The topological polar surface area (TPSA) is 59.5 Å². The molecule has 5 nitrogen and oxygen atoms in total. The van der Waals surface area contributed by atoms with E-state index >= 15 is 0 Å². The number of benzene rings is 1. The summed E-state index contributed by atoms with van der Waals surface area (Å²) in [4.78, 5) is 29.8. The number of amides is 1. The number of likely N-dealkylation sites (N-methyl/N-ethyl adjacent to an activating group) is 1. The first-order valence-electron chi connectivity index (χ1n) is 6.68. The lowest BCUT2D eigenvalue weighted by atomic mass is 10.1. The maximum atomic E-state index is 12.3. The van der Waals surface area contributed by atoms with Crippen LogP contribution in [-0.2, 0) is 9.53 Å². The fourth-order valence-corrected chi connectivity index (χ4v) is 2.10. The summed E-state index contributed by atoms with van der Waals surface area (Å²) in [5.74, 6) is -1.06. The predicted octanol–water partition coefficient (Wildman–Crippen LogP) is 3.37. The molecule has 0 bridgehead atoms. The number of rotatable bonds is 4. The van der Waals surface area contributed by atoms with Crippen molar-refractivity contribution in [2.75, 3.05) is 14.1 Å². The zero-order valence-electron chi connectivity index (χ0n) is 12.5. The zero-order chi connectivity index (χ0) is 17.0. The van der Waals surface area contributed by atoms with Crippen LogP contribution in [0.5, 0.6) is 0 Å². The number of carbonyl (C=O) groups is 2. The molecule has 0 unspecified atom stereocenters. The van der Waals surface area contributed by atoms with E-state index in [1.165, 1.54) is 17.2 Å². The molecule has 2 aromatic rings. The fourth-order valence-electron chi connectivity index (χ4n) is 1.83. The van der Waals surface area contributed by atoms with Crippen molar-refractivity contribution in [1.82, 2.24) is 9.88 Å². The third kappa shape index (κ3) is 4.21. The second kappa shape index (κ2) is 7.44. The minimum Gasteiger partial charge on any atom is -0.444 e. The molecular formula is C16H14Cl2N2O3. The summed E-state index contributed by atoms with van der Waals surface area (Å²) < 4.78 is 5.37. The Bertz CT molecular complexity index is 721. The average molecular weight is 353 g/mol. The maximum absolute atomic E-state index is 12.3. The highest BCUT2D eigenvalue weighted by atomic mass is 35.5. The highest BCUT2D eigenvalue weighted by Gasteiger charge is 2.27.